The van der Waals surface area contributed by atoms with Crippen LogP contribution >= 0.6 is 23.2 Å². The molecule has 3 rings (SSSR count). The van der Waals surface area contributed by atoms with E-state index in [0.29, 0.717) is 32.9 Å². The van der Waals surface area contributed by atoms with Gasteiger partial charge in [-0.1, -0.05) is 41.4 Å². The van der Waals surface area contributed by atoms with Crippen molar-refractivity contribution in [2.75, 3.05) is 0 Å². The Morgan fingerprint density at radius 1 is 1.14 bits per heavy atom. The van der Waals surface area contributed by atoms with Gasteiger partial charge in [0.15, 0.2) is 0 Å². The van der Waals surface area contributed by atoms with E-state index < -0.39 is 0 Å². The topological polar surface area (TPSA) is 75.0 Å². The number of hydrogen-bond acceptors (Lipinski definition) is 4. The van der Waals surface area contributed by atoms with Crippen LogP contribution in [0, 0.1) is 11.3 Å². The van der Waals surface area contributed by atoms with E-state index in [1.165, 1.54) is 0 Å². The molecule has 0 aliphatic heterocycles. The van der Waals surface area contributed by atoms with Gasteiger partial charge in [0.05, 0.1) is 18.2 Å². The highest BCUT2D eigenvalue weighted by atomic mass is 35.5. The largest absolute Gasteiger partial charge is 0.439 e. The van der Waals surface area contributed by atoms with Crippen LogP contribution in [-0.2, 0) is 0 Å². The molecule has 1 amide bonds. The van der Waals surface area contributed by atoms with E-state index in [1.54, 1.807) is 49.4 Å². The second-order valence-electron chi connectivity index (χ2n) is 6.39. The molecule has 1 N–H and O–H groups in total. The maximum atomic E-state index is 12.4. The molecule has 5 nitrogen and oxygen atoms in total. The number of halogens is 2. The number of nitriles is 1. The minimum Gasteiger partial charge on any atom is -0.439 e. The fourth-order valence-corrected chi connectivity index (χ4v) is 3.16. The highest BCUT2D eigenvalue weighted by Gasteiger charge is 2.11. The number of aromatic nitrogens is 1. The number of ether oxygens (including phenoxy) is 1. The van der Waals surface area contributed by atoms with Gasteiger partial charge >= 0.3 is 0 Å². The molecule has 0 saturated carbocycles. The summed E-state index contributed by atoms with van der Waals surface area (Å²) in [6.07, 6.45) is 0.250. The molecule has 0 aliphatic carbocycles. The molecule has 0 bridgehead atoms. The number of carbonyl (C=O) groups is 1. The standard InChI is InChI=1S/C22H17Cl2N3O2/c1-14(8-9-25)26-22(28)16-5-2-4-15(10-16)20-6-3-7-21(27-20)29-19-12-17(23)11-18(24)13-19/h2-7,10-14H,8H2,1H3,(H,26,28)/t14-/m0/s1. The lowest BCUT2D eigenvalue weighted by Gasteiger charge is -2.11. The molecule has 0 spiro atoms. The number of rotatable bonds is 6. The van der Waals surface area contributed by atoms with Gasteiger partial charge < -0.3 is 10.1 Å². The molecular formula is C22H17Cl2N3O2. The van der Waals surface area contributed by atoms with Gasteiger partial charge in [-0.05, 0) is 43.3 Å². The Morgan fingerprint density at radius 3 is 2.59 bits per heavy atom. The van der Waals surface area contributed by atoms with Crippen LogP contribution < -0.4 is 10.1 Å². The van der Waals surface area contributed by atoms with Gasteiger partial charge in [-0.2, -0.15) is 5.26 Å². The first kappa shape index (κ1) is 20.7. The summed E-state index contributed by atoms with van der Waals surface area (Å²) in [6, 6.07) is 19.2. The maximum absolute atomic E-state index is 12.4. The fraction of sp³-hybridized carbons (Fsp3) is 0.136. The smallest absolute Gasteiger partial charge is 0.251 e. The Hall–Kier alpha value is -3.07. The highest BCUT2D eigenvalue weighted by molar-refractivity contribution is 6.34. The Kier molecular flexibility index (Phi) is 6.71. The molecule has 2 aromatic carbocycles. The summed E-state index contributed by atoms with van der Waals surface area (Å²) >= 11 is 12.0. The van der Waals surface area contributed by atoms with E-state index in [4.69, 9.17) is 33.2 Å². The fourth-order valence-electron chi connectivity index (χ4n) is 2.66. The van der Waals surface area contributed by atoms with E-state index in [0.717, 1.165) is 5.56 Å². The SMILES string of the molecule is C[C@@H](CC#N)NC(=O)c1cccc(-c2cccc(Oc3cc(Cl)cc(Cl)c3)n2)c1. The monoisotopic (exact) mass is 425 g/mol. The van der Waals surface area contributed by atoms with Gasteiger partial charge in [-0.3, -0.25) is 4.79 Å². The van der Waals surface area contributed by atoms with Crippen molar-refractivity contribution in [3.8, 4) is 29.0 Å². The zero-order valence-corrected chi connectivity index (χ0v) is 17.0. The van der Waals surface area contributed by atoms with Gasteiger partial charge in [-0.25, -0.2) is 4.98 Å². The molecule has 0 radical (unpaired) electrons. The van der Waals surface area contributed by atoms with Crippen LogP contribution in [-0.4, -0.2) is 16.9 Å². The summed E-state index contributed by atoms with van der Waals surface area (Å²) in [4.78, 5) is 16.9. The van der Waals surface area contributed by atoms with Gasteiger partial charge in [-0.15, -0.1) is 0 Å². The van der Waals surface area contributed by atoms with Crippen LogP contribution in [0.3, 0.4) is 0 Å². The molecular weight excluding hydrogens is 409 g/mol. The number of nitrogens with one attached hydrogen (secondary N) is 1. The van der Waals surface area contributed by atoms with Crippen LogP contribution in [0.25, 0.3) is 11.3 Å². The Morgan fingerprint density at radius 2 is 1.86 bits per heavy atom. The van der Waals surface area contributed by atoms with Gasteiger partial charge in [0, 0.05) is 33.3 Å². The molecule has 29 heavy (non-hydrogen) atoms. The first-order valence-corrected chi connectivity index (χ1v) is 9.59. The molecule has 3 aromatic rings. The van der Waals surface area contributed by atoms with Crippen molar-refractivity contribution in [3.05, 3.63) is 76.3 Å². The summed E-state index contributed by atoms with van der Waals surface area (Å²) in [6.45, 7) is 1.79. The number of nitrogens with zero attached hydrogens (tertiary/aromatic N) is 2. The van der Waals surface area contributed by atoms with E-state index in [1.807, 2.05) is 24.3 Å². The van der Waals surface area contributed by atoms with Crippen LogP contribution in [0.1, 0.15) is 23.7 Å². The second-order valence-corrected chi connectivity index (χ2v) is 7.26. The quantitative estimate of drug-likeness (QED) is 0.534. The van der Waals surface area contributed by atoms with Crippen LogP contribution in [0.4, 0.5) is 0 Å². The number of carbonyl (C=O) groups excluding carboxylic acids is 1. The molecule has 0 fully saturated rings. The van der Waals surface area contributed by atoms with E-state index in [-0.39, 0.29) is 18.4 Å². The minimum absolute atomic E-state index is 0.226. The van der Waals surface area contributed by atoms with Gasteiger partial charge in [0.1, 0.15) is 5.75 Å². The third-order valence-electron chi connectivity index (χ3n) is 3.98. The van der Waals surface area contributed by atoms with E-state index in [9.17, 15) is 4.79 Å². The van der Waals surface area contributed by atoms with Crippen molar-refractivity contribution >= 4 is 29.1 Å². The summed E-state index contributed by atoms with van der Waals surface area (Å²) in [5.41, 5.74) is 1.90. The Bertz CT molecular complexity index is 1060. The van der Waals surface area contributed by atoms with E-state index in [2.05, 4.69) is 10.3 Å². The number of amides is 1. The average Bonchev–Trinajstić information content (AvgIpc) is 2.67. The number of pyridine rings is 1. The van der Waals surface area contributed by atoms with Crippen LogP contribution in [0.2, 0.25) is 10.0 Å². The molecule has 1 atom stereocenters. The first-order chi connectivity index (χ1) is 13.9. The molecule has 0 unspecified atom stereocenters. The number of hydrogen-bond donors (Lipinski definition) is 1. The zero-order valence-electron chi connectivity index (χ0n) is 15.5. The van der Waals surface area contributed by atoms with Gasteiger partial charge in [0.2, 0.25) is 5.88 Å². The maximum Gasteiger partial charge on any atom is 0.251 e. The third kappa shape index (κ3) is 5.71. The van der Waals surface area contributed by atoms with Crippen molar-refractivity contribution in [1.82, 2.24) is 10.3 Å². The molecule has 1 aromatic heterocycles. The molecule has 0 saturated heterocycles. The zero-order chi connectivity index (χ0) is 20.8. The minimum atomic E-state index is -0.240. The molecule has 0 aliphatic rings. The predicted molar refractivity (Wildman–Crippen MR) is 113 cm³/mol. The lowest BCUT2D eigenvalue weighted by molar-refractivity contribution is 0.0941. The highest BCUT2D eigenvalue weighted by Crippen LogP contribution is 2.29. The summed E-state index contributed by atoms with van der Waals surface area (Å²) in [5, 5.41) is 12.5. The van der Waals surface area contributed by atoms with Gasteiger partial charge in [0.25, 0.3) is 5.91 Å². The van der Waals surface area contributed by atoms with E-state index >= 15 is 0 Å². The second kappa shape index (κ2) is 9.42. The number of benzene rings is 2. The normalized spacial score (nSPS) is 11.4. The van der Waals surface area contributed by atoms with Crippen molar-refractivity contribution in [1.29, 1.82) is 5.26 Å². The molecule has 7 heteroatoms. The van der Waals surface area contributed by atoms with Crippen molar-refractivity contribution in [3.63, 3.8) is 0 Å². The lowest BCUT2D eigenvalue weighted by atomic mass is 10.1. The average molecular weight is 426 g/mol. The molecule has 1 heterocycles. The summed E-state index contributed by atoms with van der Waals surface area (Å²) in [7, 11) is 0. The summed E-state index contributed by atoms with van der Waals surface area (Å²) < 4.78 is 5.77. The first-order valence-electron chi connectivity index (χ1n) is 8.84. The van der Waals surface area contributed by atoms with Crippen molar-refractivity contribution < 1.29 is 9.53 Å². The Labute approximate surface area is 178 Å². The Balaban J connectivity index is 1.82. The molecule has 146 valence electrons. The van der Waals surface area contributed by atoms with Crippen molar-refractivity contribution in [2.45, 2.75) is 19.4 Å². The lowest BCUT2D eigenvalue weighted by Crippen LogP contribution is -2.32. The van der Waals surface area contributed by atoms with Crippen LogP contribution in [0.5, 0.6) is 11.6 Å². The van der Waals surface area contributed by atoms with Crippen molar-refractivity contribution in [2.24, 2.45) is 0 Å². The van der Waals surface area contributed by atoms with Crippen LogP contribution in [0.15, 0.2) is 60.7 Å². The third-order valence-corrected chi connectivity index (χ3v) is 4.41. The predicted octanol–water partition coefficient (Wildman–Crippen LogP) is 5.88. The summed E-state index contributed by atoms with van der Waals surface area (Å²) in [5.74, 6) is 0.612.